The van der Waals surface area contributed by atoms with Crippen LogP contribution in [0.4, 0.5) is 5.69 Å². The average molecular weight is 394 g/mol. The SMILES string of the molecule is COc1ccc(Cl)cc1NC(=O)c1nnc2c(-c3ccccc3)cnn2c1C. The van der Waals surface area contributed by atoms with E-state index in [1.54, 1.807) is 35.8 Å². The van der Waals surface area contributed by atoms with Crippen molar-refractivity contribution in [2.45, 2.75) is 6.92 Å². The Hall–Kier alpha value is -3.45. The molecule has 0 aliphatic carbocycles. The minimum atomic E-state index is -0.427. The summed E-state index contributed by atoms with van der Waals surface area (Å²) in [5.41, 5.74) is 3.60. The molecule has 0 bridgehead atoms. The third-order valence-corrected chi connectivity index (χ3v) is 4.59. The van der Waals surface area contributed by atoms with Gasteiger partial charge in [-0.15, -0.1) is 10.2 Å². The number of hydrogen-bond acceptors (Lipinski definition) is 5. The smallest absolute Gasteiger partial charge is 0.278 e. The first-order chi connectivity index (χ1) is 13.6. The lowest BCUT2D eigenvalue weighted by atomic mass is 10.1. The van der Waals surface area contributed by atoms with E-state index in [9.17, 15) is 4.79 Å². The fraction of sp³-hybridized carbons (Fsp3) is 0.100. The van der Waals surface area contributed by atoms with Crippen molar-refractivity contribution in [1.29, 1.82) is 0 Å². The van der Waals surface area contributed by atoms with Gasteiger partial charge in [-0.05, 0) is 30.7 Å². The highest BCUT2D eigenvalue weighted by Gasteiger charge is 2.19. The number of ether oxygens (including phenoxy) is 1. The molecule has 2 aromatic heterocycles. The van der Waals surface area contributed by atoms with Gasteiger partial charge in [0.1, 0.15) is 5.75 Å². The number of aromatic nitrogens is 4. The fourth-order valence-corrected chi connectivity index (χ4v) is 3.12. The molecule has 0 aliphatic rings. The molecule has 0 atom stereocenters. The van der Waals surface area contributed by atoms with E-state index in [0.29, 0.717) is 27.8 Å². The number of aryl methyl sites for hydroxylation is 1. The average Bonchev–Trinajstić information content (AvgIpc) is 3.14. The second-order valence-electron chi connectivity index (χ2n) is 6.09. The summed E-state index contributed by atoms with van der Waals surface area (Å²) in [4.78, 5) is 12.8. The second-order valence-corrected chi connectivity index (χ2v) is 6.53. The molecular formula is C20H16ClN5O2. The molecular weight excluding hydrogens is 378 g/mol. The number of fused-ring (bicyclic) bond motifs is 1. The lowest BCUT2D eigenvalue weighted by Crippen LogP contribution is -2.19. The maximum Gasteiger partial charge on any atom is 0.278 e. The van der Waals surface area contributed by atoms with E-state index in [-0.39, 0.29) is 5.69 Å². The van der Waals surface area contributed by atoms with Crippen LogP contribution in [-0.2, 0) is 0 Å². The summed E-state index contributed by atoms with van der Waals surface area (Å²) in [6.07, 6.45) is 1.72. The summed E-state index contributed by atoms with van der Waals surface area (Å²) in [7, 11) is 1.52. The zero-order valence-corrected chi connectivity index (χ0v) is 15.9. The standard InChI is InChI=1S/C20H16ClN5O2/c1-12-18(20(27)23-16-10-14(21)8-9-17(16)28-2)24-25-19-15(11-22-26(12)19)13-6-4-3-5-7-13/h3-11H,1-2H3,(H,23,27). The molecule has 0 fully saturated rings. The van der Waals surface area contributed by atoms with Gasteiger partial charge in [0.25, 0.3) is 5.91 Å². The highest BCUT2D eigenvalue weighted by Crippen LogP contribution is 2.28. The van der Waals surface area contributed by atoms with Crippen molar-refractivity contribution in [2.24, 2.45) is 0 Å². The molecule has 28 heavy (non-hydrogen) atoms. The molecule has 0 spiro atoms. The Labute approximate surface area is 165 Å². The van der Waals surface area contributed by atoms with Crippen molar-refractivity contribution in [1.82, 2.24) is 19.8 Å². The molecule has 0 radical (unpaired) electrons. The van der Waals surface area contributed by atoms with E-state index >= 15 is 0 Å². The van der Waals surface area contributed by atoms with Crippen LogP contribution in [0.2, 0.25) is 5.02 Å². The normalized spacial score (nSPS) is 10.8. The van der Waals surface area contributed by atoms with Gasteiger partial charge < -0.3 is 10.1 Å². The number of hydrogen-bond donors (Lipinski definition) is 1. The summed E-state index contributed by atoms with van der Waals surface area (Å²) >= 11 is 6.02. The van der Waals surface area contributed by atoms with Gasteiger partial charge in [0.2, 0.25) is 0 Å². The van der Waals surface area contributed by atoms with E-state index in [2.05, 4.69) is 20.6 Å². The molecule has 1 amide bonds. The van der Waals surface area contributed by atoms with Crippen LogP contribution in [-0.4, -0.2) is 32.8 Å². The van der Waals surface area contributed by atoms with Gasteiger partial charge in [0, 0.05) is 10.6 Å². The highest BCUT2D eigenvalue weighted by atomic mass is 35.5. The van der Waals surface area contributed by atoms with Gasteiger partial charge in [-0.1, -0.05) is 41.9 Å². The van der Waals surface area contributed by atoms with Crippen molar-refractivity contribution < 1.29 is 9.53 Å². The van der Waals surface area contributed by atoms with Gasteiger partial charge in [-0.3, -0.25) is 4.79 Å². The first kappa shape index (κ1) is 17.9. The van der Waals surface area contributed by atoms with E-state index in [4.69, 9.17) is 16.3 Å². The summed E-state index contributed by atoms with van der Waals surface area (Å²) < 4.78 is 6.87. The van der Waals surface area contributed by atoms with E-state index < -0.39 is 5.91 Å². The molecule has 0 saturated heterocycles. The van der Waals surface area contributed by atoms with E-state index in [1.165, 1.54) is 7.11 Å². The molecule has 0 aliphatic heterocycles. The minimum absolute atomic E-state index is 0.164. The van der Waals surface area contributed by atoms with Gasteiger partial charge in [-0.2, -0.15) is 5.10 Å². The summed E-state index contributed by atoms with van der Waals surface area (Å²) in [6, 6.07) is 14.7. The van der Waals surface area contributed by atoms with Gasteiger partial charge >= 0.3 is 0 Å². The zero-order chi connectivity index (χ0) is 19.7. The van der Waals surface area contributed by atoms with Crippen LogP contribution in [0.15, 0.2) is 54.7 Å². The largest absolute Gasteiger partial charge is 0.495 e. The second kappa shape index (κ2) is 7.28. The molecule has 2 heterocycles. The van der Waals surface area contributed by atoms with Gasteiger partial charge in [0.15, 0.2) is 11.3 Å². The zero-order valence-electron chi connectivity index (χ0n) is 15.2. The third-order valence-electron chi connectivity index (χ3n) is 4.36. The number of carbonyl (C=O) groups is 1. The van der Waals surface area contributed by atoms with Crippen LogP contribution in [0.25, 0.3) is 16.8 Å². The molecule has 0 unspecified atom stereocenters. The Kier molecular flexibility index (Phi) is 4.67. The maximum atomic E-state index is 12.8. The fourth-order valence-electron chi connectivity index (χ4n) is 2.94. The first-order valence-electron chi connectivity index (χ1n) is 8.50. The molecule has 4 rings (SSSR count). The Balaban J connectivity index is 1.71. The number of rotatable bonds is 4. The minimum Gasteiger partial charge on any atom is -0.495 e. The summed E-state index contributed by atoms with van der Waals surface area (Å²) in [5, 5.41) is 16.0. The first-order valence-corrected chi connectivity index (χ1v) is 8.87. The van der Waals surface area contributed by atoms with Crippen molar-refractivity contribution in [3.8, 4) is 16.9 Å². The number of anilines is 1. The van der Waals surface area contributed by atoms with Crippen LogP contribution in [0.3, 0.4) is 0 Å². The number of benzene rings is 2. The van der Waals surface area contributed by atoms with Gasteiger partial charge in [-0.25, -0.2) is 4.52 Å². The predicted octanol–water partition coefficient (Wildman–Crippen LogP) is 4.01. The Morgan fingerprint density at radius 2 is 1.93 bits per heavy atom. The molecule has 7 nitrogen and oxygen atoms in total. The summed E-state index contributed by atoms with van der Waals surface area (Å²) in [5.74, 6) is 0.0686. The highest BCUT2D eigenvalue weighted by molar-refractivity contribution is 6.31. The molecule has 2 aromatic carbocycles. The van der Waals surface area contributed by atoms with Crippen molar-refractivity contribution in [3.63, 3.8) is 0 Å². The quantitative estimate of drug-likeness (QED) is 0.566. The van der Waals surface area contributed by atoms with E-state index in [0.717, 1.165) is 11.1 Å². The predicted molar refractivity (Wildman–Crippen MR) is 107 cm³/mol. The van der Waals surface area contributed by atoms with Crippen LogP contribution in [0.1, 0.15) is 16.2 Å². The van der Waals surface area contributed by atoms with Crippen LogP contribution in [0.5, 0.6) is 5.75 Å². The Bertz CT molecular complexity index is 1170. The third kappa shape index (κ3) is 3.16. The number of amides is 1. The topological polar surface area (TPSA) is 81.4 Å². The lowest BCUT2D eigenvalue weighted by Gasteiger charge is -2.11. The lowest BCUT2D eigenvalue weighted by molar-refractivity contribution is 0.101. The van der Waals surface area contributed by atoms with E-state index in [1.807, 2.05) is 30.3 Å². The van der Waals surface area contributed by atoms with Crippen LogP contribution >= 0.6 is 11.6 Å². The number of methoxy groups -OCH3 is 1. The molecule has 8 heteroatoms. The molecule has 140 valence electrons. The molecule has 0 saturated carbocycles. The van der Waals surface area contributed by atoms with Crippen molar-refractivity contribution >= 4 is 28.8 Å². The van der Waals surface area contributed by atoms with Gasteiger partial charge in [0.05, 0.1) is 24.7 Å². The van der Waals surface area contributed by atoms with Crippen molar-refractivity contribution in [3.05, 3.63) is 71.1 Å². The monoisotopic (exact) mass is 393 g/mol. The Morgan fingerprint density at radius 1 is 1.14 bits per heavy atom. The number of nitrogens with one attached hydrogen (secondary N) is 1. The van der Waals surface area contributed by atoms with Crippen molar-refractivity contribution in [2.75, 3.05) is 12.4 Å². The van der Waals surface area contributed by atoms with Crippen LogP contribution in [0, 0.1) is 6.92 Å². The number of halogens is 1. The number of carbonyl (C=O) groups excluding carboxylic acids is 1. The van der Waals surface area contributed by atoms with Crippen LogP contribution < -0.4 is 10.1 Å². The maximum absolute atomic E-state index is 12.8. The summed E-state index contributed by atoms with van der Waals surface area (Å²) in [6.45, 7) is 1.77. The Morgan fingerprint density at radius 3 is 2.68 bits per heavy atom. The number of nitrogens with zero attached hydrogens (tertiary/aromatic N) is 4. The molecule has 1 N–H and O–H groups in total. The molecule has 4 aromatic rings.